The minimum absolute atomic E-state index is 0.517. The summed E-state index contributed by atoms with van der Waals surface area (Å²) in [6.07, 6.45) is 1.65. The molecule has 1 heterocycles. The number of sulfonamides is 1. The van der Waals surface area contributed by atoms with Crippen molar-refractivity contribution in [2.24, 2.45) is 5.14 Å². The second-order valence-electron chi connectivity index (χ2n) is 5.10. The van der Waals surface area contributed by atoms with Crippen molar-refractivity contribution in [1.82, 2.24) is 4.98 Å². The first-order chi connectivity index (χ1) is 11.4. The van der Waals surface area contributed by atoms with E-state index in [1.54, 1.807) is 18.3 Å². The van der Waals surface area contributed by atoms with E-state index in [1.165, 1.54) is 6.07 Å². The van der Waals surface area contributed by atoms with Crippen LogP contribution in [-0.2, 0) is 10.0 Å². The molecule has 3 aromatic rings. The van der Waals surface area contributed by atoms with E-state index < -0.39 is 20.7 Å². The van der Waals surface area contributed by atoms with Gasteiger partial charge in [0.15, 0.2) is 0 Å². The van der Waals surface area contributed by atoms with Crippen molar-refractivity contribution in [2.75, 3.05) is 0 Å². The van der Waals surface area contributed by atoms with E-state index >= 15 is 0 Å². The Morgan fingerprint density at radius 2 is 1.79 bits per heavy atom. The maximum atomic E-state index is 14.1. The van der Waals surface area contributed by atoms with Crippen LogP contribution in [0.15, 0.2) is 70.2 Å². The molecule has 0 spiro atoms. The molecule has 2 N–H and O–H groups in total. The molecule has 0 aliphatic carbocycles. The highest BCUT2D eigenvalue weighted by atomic mass is 79.9. The number of halogens is 2. The second-order valence-corrected chi connectivity index (χ2v) is 7.55. The van der Waals surface area contributed by atoms with Crippen LogP contribution in [-0.4, -0.2) is 13.4 Å². The largest absolute Gasteiger partial charge is 0.256 e. The number of hydrogen-bond donors (Lipinski definition) is 1. The van der Waals surface area contributed by atoms with Gasteiger partial charge in [-0.3, -0.25) is 4.98 Å². The van der Waals surface area contributed by atoms with Gasteiger partial charge in [0.2, 0.25) is 10.0 Å². The minimum atomic E-state index is -4.10. The predicted molar refractivity (Wildman–Crippen MR) is 94.1 cm³/mol. The van der Waals surface area contributed by atoms with Crippen LogP contribution in [0.5, 0.6) is 0 Å². The average molecular weight is 407 g/mol. The molecule has 122 valence electrons. The van der Waals surface area contributed by atoms with Crippen LogP contribution >= 0.6 is 15.9 Å². The van der Waals surface area contributed by atoms with Crippen molar-refractivity contribution >= 4 is 26.0 Å². The Balaban J connectivity index is 2.16. The summed E-state index contributed by atoms with van der Waals surface area (Å²) in [5.74, 6) is -0.890. The van der Waals surface area contributed by atoms with E-state index in [-0.39, 0.29) is 0 Å². The van der Waals surface area contributed by atoms with Gasteiger partial charge in [-0.1, -0.05) is 40.2 Å². The SMILES string of the molecule is NS(=O)(=O)c1ccc(-c2cccnc2-c2cccc(Br)c2)cc1F. The number of aromatic nitrogens is 1. The molecule has 0 saturated heterocycles. The van der Waals surface area contributed by atoms with Crippen molar-refractivity contribution in [2.45, 2.75) is 4.90 Å². The van der Waals surface area contributed by atoms with Gasteiger partial charge in [0.1, 0.15) is 10.7 Å². The van der Waals surface area contributed by atoms with Crippen molar-refractivity contribution in [3.8, 4) is 22.4 Å². The molecule has 0 fully saturated rings. The average Bonchev–Trinajstić information content (AvgIpc) is 2.53. The Morgan fingerprint density at radius 1 is 1.00 bits per heavy atom. The zero-order valence-corrected chi connectivity index (χ0v) is 14.7. The Labute approximate surface area is 147 Å². The lowest BCUT2D eigenvalue weighted by atomic mass is 9.99. The van der Waals surface area contributed by atoms with E-state index in [9.17, 15) is 12.8 Å². The lowest BCUT2D eigenvalue weighted by molar-refractivity contribution is 0.568. The van der Waals surface area contributed by atoms with Crippen LogP contribution in [0.1, 0.15) is 0 Å². The first kappa shape index (κ1) is 16.8. The fraction of sp³-hybridized carbons (Fsp3) is 0. The standard InChI is InChI=1S/C17H12BrFN2O2S/c18-13-4-1-3-12(9-13)17-14(5-2-8-21-17)11-6-7-16(15(19)10-11)24(20,22)23/h1-10H,(H2,20,22,23). The van der Waals surface area contributed by atoms with Gasteiger partial charge in [0.25, 0.3) is 0 Å². The monoisotopic (exact) mass is 406 g/mol. The van der Waals surface area contributed by atoms with Crippen molar-refractivity contribution in [1.29, 1.82) is 0 Å². The first-order valence-electron chi connectivity index (χ1n) is 6.90. The molecule has 0 amide bonds. The van der Waals surface area contributed by atoms with E-state index in [0.717, 1.165) is 22.2 Å². The number of nitrogens with zero attached hydrogens (tertiary/aromatic N) is 1. The van der Waals surface area contributed by atoms with Crippen LogP contribution in [0.4, 0.5) is 4.39 Å². The molecule has 0 atom stereocenters. The number of nitrogens with two attached hydrogens (primary N) is 1. The molecular weight excluding hydrogens is 395 g/mol. The molecule has 0 radical (unpaired) electrons. The number of benzene rings is 2. The van der Waals surface area contributed by atoms with E-state index in [1.807, 2.05) is 24.3 Å². The zero-order valence-electron chi connectivity index (χ0n) is 12.3. The fourth-order valence-electron chi connectivity index (χ4n) is 2.40. The molecule has 7 heteroatoms. The third-order valence-electron chi connectivity index (χ3n) is 3.46. The van der Waals surface area contributed by atoms with E-state index in [4.69, 9.17) is 5.14 Å². The second kappa shape index (κ2) is 6.43. The minimum Gasteiger partial charge on any atom is -0.256 e. The fourth-order valence-corrected chi connectivity index (χ4v) is 3.39. The van der Waals surface area contributed by atoms with Crippen LogP contribution < -0.4 is 5.14 Å². The Kier molecular flexibility index (Phi) is 4.49. The molecule has 0 aliphatic heterocycles. The van der Waals surface area contributed by atoms with Crippen molar-refractivity contribution < 1.29 is 12.8 Å². The van der Waals surface area contributed by atoms with Gasteiger partial charge in [0, 0.05) is 21.8 Å². The molecular formula is C17H12BrFN2O2S. The molecule has 4 nitrogen and oxygen atoms in total. The summed E-state index contributed by atoms with van der Waals surface area (Å²) >= 11 is 3.41. The Morgan fingerprint density at radius 3 is 2.46 bits per heavy atom. The van der Waals surface area contributed by atoms with Crippen LogP contribution in [0, 0.1) is 5.82 Å². The Hall–Kier alpha value is -2.09. The van der Waals surface area contributed by atoms with E-state index in [2.05, 4.69) is 20.9 Å². The summed E-state index contributed by atoms with van der Waals surface area (Å²) in [7, 11) is -4.10. The molecule has 3 rings (SSSR count). The predicted octanol–water partition coefficient (Wildman–Crippen LogP) is 3.96. The third kappa shape index (κ3) is 3.38. The molecule has 1 aromatic heterocycles. The summed E-state index contributed by atoms with van der Waals surface area (Å²) in [4.78, 5) is 3.85. The molecule has 0 aliphatic rings. The maximum Gasteiger partial charge on any atom is 0.240 e. The molecule has 2 aromatic carbocycles. The highest BCUT2D eigenvalue weighted by Crippen LogP contribution is 2.32. The molecule has 24 heavy (non-hydrogen) atoms. The molecule has 0 saturated carbocycles. The smallest absolute Gasteiger partial charge is 0.240 e. The number of primary sulfonamides is 1. The normalized spacial score (nSPS) is 11.5. The van der Waals surface area contributed by atoms with Gasteiger partial charge in [-0.15, -0.1) is 0 Å². The summed E-state index contributed by atoms with van der Waals surface area (Å²) in [6, 6.07) is 14.9. The highest BCUT2D eigenvalue weighted by molar-refractivity contribution is 9.10. The third-order valence-corrected chi connectivity index (χ3v) is 4.89. The zero-order chi connectivity index (χ0) is 17.3. The topological polar surface area (TPSA) is 73.1 Å². The summed E-state index contributed by atoms with van der Waals surface area (Å²) in [5, 5.41) is 5.00. The summed E-state index contributed by atoms with van der Waals surface area (Å²) in [6.45, 7) is 0. The number of hydrogen-bond acceptors (Lipinski definition) is 3. The van der Waals surface area contributed by atoms with E-state index in [0.29, 0.717) is 16.8 Å². The van der Waals surface area contributed by atoms with Gasteiger partial charge < -0.3 is 0 Å². The quantitative estimate of drug-likeness (QED) is 0.714. The molecule has 0 unspecified atom stereocenters. The number of pyridine rings is 1. The Bertz CT molecular complexity index is 1020. The summed E-state index contributed by atoms with van der Waals surface area (Å²) < 4.78 is 37.7. The highest BCUT2D eigenvalue weighted by Gasteiger charge is 2.16. The molecule has 0 bridgehead atoms. The first-order valence-corrected chi connectivity index (χ1v) is 9.24. The maximum absolute atomic E-state index is 14.1. The van der Waals surface area contributed by atoms with Gasteiger partial charge in [-0.25, -0.2) is 17.9 Å². The lowest BCUT2D eigenvalue weighted by Crippen LogP contribution is -2.13. The van der Waals surface area contributed by atoms with Gasteiger partial charge in [-0.05, 0) is 35.9 Å². The van der Waals surface area contributed by atoms with Crippen LogP contribution in [0.25, 0.3) is 22.4 Å². The van der Waals surface area contributed by atoms with Crippen molar-refractivity contribution in [3.63, 3.8) is 0 Å². The van der Waals surface area contributed by atoms with Gasteiger partial charge in [0.05, 0.1) is 5.69 Å². The van der Waals surface area contributed by atoms with Crippen LogP contribution in [0.2, 0.25) is 0 Å². The van der Waals surface area contributed by atoms with Gasteiger partial charge in [-0.2, -0.15) is 0 Å². The van der Waals surface area contributed by atoms with Crippen LogP contribution in [0.3, 0.4) is 0 Å². The van der Waals surface area contributed by atoms with Crippen molar-refractivity contribution in [3.05, 3.63) is 71.1 Å². The lowest BCUT2D eigenvalue weighted by Gasteiger charge is -2.10. The van der Waals surface area contributed by atoms with Gasteiger partial charge >= 0.3 is 0 Å². The number of rotatable bonds is 3. The summed E-state index contributed by atoms with van der Waals surface area (Å²) in [5.41, 5.74) is 2.73.